The standard InChI is InChI=1S/C36H28O6/c1-39-31-15-7-25(8-16-31)35-21-27(19-33(41-35)23-3-11-29(37)12-4-23)28-20-34(24-5-13-30(38)14-6-24)42-36(22-28)26-9-17-32(40-2)18-10-26/h3-22,37-38H,1-2H3/b28-27+. The topological polar surface area (TPSA) is 77.4 Å². The van der Waals surface area contributed by atoms with Crippen LogP contribution in [0.1, 0.15) is 22.3 Å². The maximum absolute atomic E-state index is 9.87. The first-order valence-electron chi connectivity index (χ1n) is 13.3. The van der Waals surface area contributed by atoms with Crippen molar-refractivity contribution < 1.29 is 29.2 Å². The number of phenols is 2. The number of rotatable bonds is 6. The normalized spacial score (nSPS) is 16.2. The molecule has 6 rings (SSSR count). The average Bonchev–Trinajstić information content (AvgIpc) is 3.05. The Bertz CT molecular complexity index is 1620. The predicted molar refractivity (Wildman–Crippen MR) is 163 cm³/mol. The van der Waals surface area contributed by atoms with Gasteiger partial charge in [0, 0.05) is 22.3 Å². The Hall–Kier alpha value is -5.62. The minimum absolute atomic E-state index is 0.178. The molecule has 2 N–H and O–H groups in total. The number of phenolic OH excluding ortho intramolecular Hbond substituents is 2. The van der Waals surface area contributed by atoms with E-state index in [1.165, 1.54) is 0 Å². The van der Waals surface area contributed by atoms with Crippen molar-refractivity contribution in [3.05, 3.63) is 155 Å². The highest BCUT2D eigenvalue weighted by atomic mass is 16.5. The third-order valence-electron chi connectivity index (χ3n) is 6.97. The molecule has 0 atom stereocenters. The third-order valence-corrected chi connectivity index (χ3v) is 6.97. The summed E-state index contributed by atoms with van der Waals surface area (Å²) in [5.74, 6) is 4.46. The summed E-state index contributed by atoms with van der Waals surface area (Å²) in [4.78, 5) is 0. The Labute approximate surface area is 244 Å². The van der Waals surface area contributed by atoms with Crippen LogP contribution in [0.25, 0.3) is 23.0 Å². The van der Waals surface area contributed by atoms with Gasteiger partial charge in [0.1, 0.15) is 46.0 Å². The second-order valence-corrected chi connectivity index (χ2v) is 9.70. The molecule has 2 heterocycles. The summed E-state index contributed by atoms with van der Waals surface area (Å²) in [6.07, 6.45) is 7.96. The molecule has 6 heteroatoms. The Morgan fingerprint density at radius 2 is 0.667 bits per heavy atom. The van der Waals surface area contributed by atoms with Gasteiger partial charge in [-0.3, -0.25) is 0 Å². The lowest BCUT2D eigenvalue weighted by Gasteiger charge is -2.23. The summed E-state index contributed by atoms with van der Waals surface area (Å²) >= 11 is 0. The van der Waals surface area contributed by atoms with Crippen LogP contribution in [0.15, 0.2) is 133 Å². The van der Waals surface area contributed by atoms with Crippen molar-refractivity contribution in [3.63, 3.8) is 0 Å². The van der Waals surface area contributed by atoms with Gasteiger partial charge in [0.15, 0.2) is 0 Å². The lowest BCUT2D eigenvalue weighted by Crippen LogP contribution is -2.04. The van der Waals surface area contributed by atoms with Crippen LogP contribution in [-0.2, 0) is 9.47 Å². The van der Waals surface area contributed by atoms with E-state index < -0.39 is 0 Å². The van der Waals surface area contributed by atoms with E-state index in [1.54, 1.807) is 38.5 Å². The molecule has 0 aromatic heterocycles. The number of aromatic hydroxyl groups is 2. The number of allylic oxidation sites excluding steroid dienone is 6. The first-order chi connectivity index (χ1) is 20.5. The SMILES string of the molecule is COc1ccc(C2=C/C(=C3\C=C(c4ccc(O)cc4)OC(c4ccc(OC)cc4)=C3)C=C(c3ccc(O)cc3)O2)cc1. The van der Waals surface area contributed by atoms with Gasteiger partial charge < -0.3 is 29.2 Å². The van der Waals surface area contributed by atoms with Gasteiger partial charge in [-0.05, 0) is 133 Å². The molecule has 0 radical (unpaired) electrons. The molecule has 0 fully saturated rings. The summed E-state index contributed by atoms with van der Waals surface area (Å²) in [6.45, 7) is 0. The highest BCUT2D eigenvalue weighted by molar-refractivity contribution is 5.83. The maximum Gasteiger partial charge on any atom is 0.135 e. The molecule has 6 nitrogen and oxygen atoms in total. The molecule has 4 aromatic rings. The van der Waals surface area contributed by atoms with Gasteiger partial charge in [-0.15, -0.1) is 0 Å². The predicted octanol–water partition coefficient (Wildman–Crippen LogP) is 7.94. The van der Waals surface area contributed by atoms with E-state index in [0.717, 1.165) is 44.9 Å². The monoisotopic (exact) mass is 556 g/mol. The molecule has 4 aromatic carbocycles. The van der Waals surface area contributed by atoms with Gasteiger partial charge in [-0.1, -0.05) is 0 Å². The van der Waals surface area contributed by atoms with Gasteiger partial charge >= 0.3 is 0 Å². The van der Waals surface area contributed by atoms with Gasteiger partial charge in [0.25, 0.3) is 0 Å². The maximum atomic E-state index is 9.87. The molecule has 42 heavy (non-hydrogen) atoms. The van der Waals surface area contributed by atoms with Crippen LogP contribution in [0.5, 0.6) is 23.0 Å². The Balaban J connectivity index is 1.53. The van der Waals surface area contributed by atoms with Crippen molar-refractivity contribution in [2.45, 2.75) is 0 Å². The second kappa shape index (κ2) is 11.5. The molecular formula is C36H28O6. The molecule has 208 valence electrons. The number of benzene rings is 4. The number of methoxy groups -OCH3 is 2. The largest absolute Gasteiger partial charge is 0.508 e. The van der Waals surface area contributed by atoms with Gasteiger partial charge in [-0.2, -0.15) is 0 Å². The van der Waals surface area contributed by atoms with E-state index in [2.05, 4.69) is 0 Å². The smallest absolute Gasteiger partial charge is 0.135 e. The van der Waals surface area contributed by atoms with E-state index >= 15 is 0 Å². The fourth-order valence-corrected chi connectivity index (χ4v) is 4.67. The second-order valence-electron chi connectivity index (χ2n) is 9.70. The van der Waals surface area contributed by atoms with Crippen molar-refractivity contribution >= 4 is 23.0 Å². The molecule has 0 aliphatic carbocycles. The Morgan fingerprint density at radius 3 is 0.929 bits per heavy atom. The van der Waals surface area contributed by atoms with E-state index in [-0.39, 0.29) is 11.5 Å². The molecule has 0 amide bonds. The molecule has 0 saturated heterocycles. The molecule has 0 saturated carbocycles. The van der Waals surface area contributed by atoms with E-state index in [1.807, 2.05) is 97.1 Å². The lowest BCUT2D eigenvalue weighted by molar-refractivity contribution is 0.414. The van der Waals surface area contributed by atoms with Crippen molar-refractivity contribution in [1.29, 1.82) is 0 Å². The number of hydrogen-bond acceptors (Lipinski definition) is 6. The van der Waals surface area contributed by atoms with E-state index in [9.17, 15) is 10.2 Å². The summed E-state index contributed by atoms with van der Waals surface area (Å²) in [5.41, 5.74) is 5.21. The van der Waals surface area contributed by atoms with Crippen LogP contribution in [-0.4, -0.2) is 24.4 Å². The van der Waals surface area contributed by atoms with Crippen molar-refractivity contribution in [1.82, 2.24) is 0 Å². The third kappa shape index (κ3) is 5.64. The lowest BCUT2D eigenvalue weighted by atomic mass is 9.96. The molecular weight excluding hydrogens is 528 g/mol. The van der Waals surface area contributed by atoms with Gasteiger partial charge in [-0.25, -0.2) is 0 Å². The van der Waals surface area contributed by atoms with Crippen molar-refractivity contribution in [2.75, 3.05) is 14.2 Å². The zero-order valence-corrected chi connectivity index (χ0v) is 23.1. The summed E-state index contributed by atoms with van der Waals surface area (Å²) in [7, 11) is 3.27. The zero-order chi connectivity index (χ0) is 29.1. The quantitative estimate of drug-likeness (QED) is 0.251. The van der Waals surface area contributed by atoms with Crippen LogP contribution in [0, 0.1) is 0 Å². The van der Waals surface area contributed by atoms with Crippen molar-refractivity contribution in [3.8, 4) is 23.0 Å². The van der Waals surface area contributed by atoms with Crippen LogP contribution in [0.3, 0.4) is 0 Å². The highest BCUT2D eigenvalue weighted by Crippen LogP contribution is 2.39. The molecule has 2 aliphatic rings. The highest BCUT2D eigenvalue weighted by Gasteiger charge is 2.21. The zero-order valence-electron chi connectivity index (χ0n) is 23.1. The summed E-state index contributed by atoms with van der Waals surface area (Å²) < 4.78 is 23.5. The average molecular weight is 557 g/mol. The first-order valence-corrected chi connectivity index (χ1v) is 13.3. The molecule has 2 aliphatic heterocycles. The Kier molecular flexibility index (Phi) is 7.26. The minimum atomic E-state index is 0.178. The summed E-state index contributed by atoms with van der Waals surface area (Å²) in [5, 5.41) is 19.7. The minimum Gasteiger partial charge on any atom is -0.508 e. The van der Waals surface area contributed by atoms with Crippen LogP contribution >= 0.6 is 0 Å². The van der Waals surface area contributed by atoms with Crippen LogP contribution in [0.2, 0.25) is 0 Å². The molecule has 0 unspecified atom stereocenters. The Morgan fingerprint density at radius 1 is 0.405 bits per heavy atom. The first kappa shape index (κ1) is 26.6. The fraction of sp³-hybridized carbons (Fsp3) is 0.0556. The van der Waals surface area contributed by atoms with Crippen molar-refractivity contribution in [2.24, 2.45) is 0 Å². The fourth-order valence-electron chi connectivity index (χ4n) is 4.67. The van der Waals surface area contributed by atoms with E-state index in [0.29, 0.717) is 23.0 Å². The van der Waals surface area contributed by atoms with Gasteiger partial charge in [0.2, 0.25) is 0 Å². The molecule has 0 spiro atoms. The molecule has 0 bridgehead atoms. The number of hydrogen-bond donors (Lipinski definition) is 2. The summed E-state index contributed by atoms with van der Waals surface area (Å²) in [6, 6.07) is 29.2. The van der Waals surface area contributed by atoms with Gasteiger partial charge in [0.05, 0.1) is 14.2 Å². The number of ether oxygens (including phenoxy) is 4. The van der Waals surface area contributed by atoms with Crippen LogP contribution < -0.4 is 9.47 Å². The van der Waals surface area contributed by atoms with Crippen LogP contribution in [0.4, 0.5) is 0 Å². The van der Waals surface area contributed by atoms with E-state index in [4.69, 9.17) is 18.9 Å².